The van der Waals surface area contributed by atoms with Crippen molar-refractivity contribution in [3.63, 3.8) is 0 Å². The second kappa shape index (κ2) is 5.34. The van der Waals surface area contributed by atoms with Crippen molar-refractivity contribution in [1.82, 2.24) is 14.5 Å². The van der Waals surface area contributed by atoms with Gasteiger partial charge in [-0.2, -0.15) is 0 Å². The predicted molar refractivity (Wildman–Crippen MR) is 66.0 cm³/mol. The van der Waals surface area contributed by atoms with Gasteiger partial charge < -0.3 is 14.6 Å². The van der Waals surface area contributed by atoms with Crippen LogP contribution in [-0.2, 0) is 13.1 Å². The zero-order chi connectivity index (χ0) is 12.1. The van der Waals surface area contributed by atoms with Gasteiger partial charge in [0, 0.05) is 18.9 Å². The van der Waals surface area contributed by atoms with Crippen LogP contribution in [0.4, 0.5) is 5.69 Å². The molecule has 90 valence electrons. The highest BCUT2D eigenvalue weighted by atomic mass is 16.5. The number of ether oxygens (including phenoxy) is 1. The molecule has 17 heavy (non-hydrogen) atoms. The van der Waals surface area contributed by atoms with Gasteiger partial charge in [-0.25, -0.2) is 9.97 Å². The van der Waals surface area contributed by atoms with E-state index in [-0.39, 0.29) is 0 Å². The van der Waals surface area contributed by atoms with Crippen LogP contribution in [0.1, 0.15) is 12.6 Å². The van der Waals surface area contributed by atoms with Gasteiger partial charge in [-0.1, -0.05) is 0 Å². The number of hydrogen-bond acceptors (Lipinski definition) is 4. The summed E-state index contributed by atoms with van der Waals surface area (Å²) in [6.45, 7) is 3.72. The van der Waals surface area contributed by atoms with E-state index in [1.807, 2.05) is 24.7 Å². The number of pyridine rings is 1. The summed E-state index contributed by atoms with van der Waals surface area (Å²) in [4.78, 5) is 8.26. The van der Waals surface area contributed by atoms with Crippen LogP contribution in [0.5, 0.6) is 5.88 Å². The number of nitrogens with one attached hydrogen (secondary N) is 1. The minimum Gasteiger partial charge on any atom is -0.480 e. The molecule has 0 saturated carbocycles. The number of hydrogen-bond donors (Lipinski definition) is 1. The number of methoxy groups -OCH3 is 1. The molecule has 0 fully saturated rings. The van der Waals surface area contributed by atoms with Crippen LogP contribution in [0.2, 0.25) is 0 Å². The number of imidazole rings is 1. The van der Waals surface area contributed by atoms with Crippen molar-refractivity contribution in [1.29, 1.82) is 0 Å². The van der Waals surface area contributed by atoms with E-state index in [1.54, 1.807) is 13.3 Å². The molecule has 0 aliphatic rings. The number of anilines is 1. The number of aromatic nitrogens is 3. The minimum atomic E-state index is 0.607. The van der Waals surface area contributed by atoms with E-state index in [0.29, 0.717) is 12.4 Å². The molecule has 0 aromatic carbocycles. The van der Waals surface area contributed by atoms with Crippen molar-refractivity contribution in [3.05, 3.63) is 36.5 Å². The van der Waals surface area contributed by atoms with Crippen LogP contribution in [0.15, 0.2) is 30.9 Å². The summed E-state index contributed by atoms with van der Waals surface area (Å²) in [6, 6.07) is 3.82. The Labute approximate surface area is 100 Å². The third-order valence-electron chi connectivity index (χ3n) is 2.56. The molecule has 0 spiro atoms. The van der Waals surface area contributed by atoms with Gasteiger partial charge in [0.15, 0.2) is 0 Å². The fourth-order valence-electron chi connectivity index (χ4n) is 1.65. The molecule has 2 aromatic rings. The van der Waals surface area contributed by atoms with Gasteiger partial charge in [-0.3, -0.25) is 0 Å². The lowest BCUT2D eigenvalue weighted by Crippen LogP contribution is -2.07. The Morgan fingerprint density at radius 2 is 2.35 bits per heavy atom. The fraction of sp³-hybridized carbons (Fsp3) is 0.333. The maximum Gasteiger partial charge on any atom is 0.237 e. The molecule has 5 nitrogen and oxygen atoms in total. The van der Waals surface area contributed by atoms with Gasteiger partial charge in [0.25, 0.3) is 0 Å². The van der Waals surface area contributed by atoms with Gasteiger partial charge in [-0.15, -0.1) is 0 Å². The Bertz CT molecular complexity index is 481. The van der Waals surface area contributed by atoms with Gasteiger partial charge in [0.05, 0.1) is 31.4 Å². The minimum absolute atomic E-state index is 0.607. The summed E-state index contributed by atoms with van der Waals surface area (Å²) >= 11 is 0. The molecule has 0 radical (unpaired) electrons. The summed E-state index contributed by atoms with van der Waals surface area (Å²) in [5.74, 6) is 0.607. The van der Waals surface area contributed by atoms with Crippen LogP contribution in [0.3, 0.4) is 0 Å². The SMILES string of the molecule is CCn1cncc1CNc1cccnc1OC. The average Bonchev–Trinajstić information content (AvgIpc) is 2.84. The van der Waals surface area contributed by atoms with Gasteiger partial charge >= 0.3 is 0 Å². The molecule has 0 atom stereocenters. The molecular weight excluding hydrogens is 216 g/mol. The summed E-state index contributed by atoms with van der Waals surface area (Å²) < 4.78 is 7.27. The lowest BCUT2D eigenvalue weighted by molar-refractivity contribution is 0.399. The van der Waals surface area contributed by atoms with Crippen LogP contribution in [0.25, 0.3) is 0 Å². The van der Waals surface area contributed by atoms with Crippen LogP contribution >= 0.6 is 0 Å². The first kappa shape index (κ1) is 11.4. The topological polar surface area (TPSA) is 52.0 Å². The highest BCUT2D eigenvalue weighted by Gasteiger charge is 2.04. The van der Waals surface area contributed by atoms with Gasteiger partial charge in [0.2, 0.25) is 5.88 Å². The number of nitrogens with zero attached hydrogens (tertiary/aromatic N) is 3. The molecule has 2 rings (SSSR count). The van der Waals surface area contributed by atoms with E-state index in [9.17, 15) is 0 Å². The Hall–Kier alpha value is -2.04. The van der Waals surface area contributed by atoms with E-state index in [2.05, 4.69) is 26.8 Å². The van der Waals surface area contributed by atoms with Crippen LogP contribution in [0, 0.1) is 0 Å². The highest BCUT2D eigenvalue weighted by molar-refractivity contribution is 5.51. The molecule has 0 aliphatic heterocycles. The maximum absolute atomic E-state index is 5.18. The lowest BCUT2D eigenvalue weighted by atomic mass is 10.3. The quantitative estimate of drug-likeness (QED) is 0.855. The molecule has 1 N–H and O–H groups in total. The van der Waals surface area contributed by atoms with Crippen molar-refractivity contribution >= 4 is 5.69 Å². The van der Waals surface area contributed by atoms with Crippen molar-refractivity contribution in [3.8, 4) is 5.88 Å². The molecule has 2 aromatic heterocycles. The summed E-state index contributed by atoms with van der Waals surface area (Å²) in [6.07, 6.45) is 5.40. The molecule has 0 amide bonds. The molecule has 0 unspecified atom stereocenters. The molecule has 2 heterocycles. The largest absolute Gasteiger partial charge is 0.480 e. The highest BCUT2D eigenvalue weighted by Crippen LogP contribution is 2.20. The second-order valence-electron chi connectivity index (χ2n) is 3.58. The zero-order valence-electron chi connectivity index (χ0n) is 10.1. The van der Waals surface area contributed by atoms with E-state index >= 15 is 0 Å². The normalized spacial score (nSPS) is 10.2. The number of rotatable bonds is 5. The van der Waals surface area contributed by atoms with Gasteiger partial charge in [0.1, 0.15) is 0 Å². The Morgan fingerprint density at radius 1 is 1.47 bits per heavy atom. The summed E-state index contributed by atoms with van der Waals surface area (Å²) in [7, 11) is 1.61. The Morgan fingerprint density at radius 3 is 3.12 bits per heavy atom. The molecular formula is C12H16N4O. The second-order valence-corrected chi connectivity index (χ2v) is 3.58. The Balaban J connectivity index is 2.07. The monoisotopic (exact) mass is 232 g/mol. The first-order valence-corrected chi connectivity index (χ1v) is 5.57. The third-order valence-corrected chi connectivity index (χ3v) is 2.56. The lowest BCUT2D eigenvalue weighted by Gasteiger charge is -2.10. The fourth-order valence-corrected chi connectivity index (χ4v) is 1.65. The molecule has 0 bridgehead atoms. The summed E-state index contributed by atoms with van der Waals surface area (Å²) in [5.41, 5.74) is 2.03. The van der Waals surface area contributed by atoms with E-state index in [0.717, 1.165) is 17.9 Å². The average molecular weight is 232 g/mol. The molecule has 0 aliphatic carbocycles. The van der Waals surface area contributed by atoms with Crippen LogP contribution < -0.4 is 10.1 Å². The zero-order valence-corrected chi connectivity index (χ0v) is 10.1. The van der Waals surface area contributed by atoms with E-state index in [1.165, 1.54) is 0 Å². The van der Waals surface area contributed by atoms with Crippen molar-refractivity contribution in [2.75, 3.05) is 12.4 Å². The van der Waals surface area contributed by atoms with E-state index in [4.69, 9.17) is 4.74 Å². The molecule has 5 heteroatoms. The van der Waals surface area contributed by atoms with Gasteiger partial charge in [-0.05, 0) is 19.1 Å². The van der Waals surface area contributed by atoms with Crippen molar-refractivity contribution in [2.45, 2.75) is 20.0 Å². The maximum atomic E-state index is 5.18. The van der Waals surface area contributed by atoms with Crippen LogP contribution in [-0.4, -0.2) is 21.6 Å². The Kier molecular flexibility index (Phi) is 3.59. The first-order valence-electron chi connectivity index (χ1n) is 5.57. The third kappa shape index (κ3) is 2.55. The van der Waals surface area contributed by atoms with Crippen molar-refractivity contribution in [2.24, 2.45) is 0 Å². The van der Waals surface area contributed by atoms with Crippen molar-refractivity contribution < 1.29 is 4.74 Å². The summed E-state index contributed by atoms with van der Waals surface area (Å²) in [5, 5.41) is 3.29. The predicted octanol–water partition coefficient (Wildman–Crippen LogP) is 1.92. The standard InChI is InChI=1S/C12H16N4O/c1-3-16-9-13-7-10(16)8-15-11-5-4-6-14-12(11)17-2/h4-7,9,15H,3,8H2,1-2H3. The number of aryl methyl sites for hydroxylation is 1. The molecule has 0 saturated heterocycles. The smallest absolute Gasteiger partial charge is 0.237 e. The first-order chi connectivity index (χ1) is 8.35. The van der Waals surface area contributed by atoms with E-state index < -0.39 is 0 Å².